The van der Waals surface area contributed by atoms with Gasteiger partial charge in [-0.3, -0.25) is 18.8 Å². The van der Waals surface area contributed by atoms with Gasteiger partial charge in [0.15, 0.2) is 0 Å². The van der Waals surface area contributed by atoms with Crippen LogP contribution in [0.1, 0.15) is 10.4 Å². The highest BCUT2D eigenvalue weighted by Gasteiger charge is 2.19. The van der Waals surface area contributed by atoms with Crippen molar-refractivity contribution < 1.29 is 9.59 Å². The van der Waals surface area contributed by atoms with Gasteiger partial charge in [-0.05, 0) is 52.3 Å². The quantitative estimate of drug-likeness (QED) is 0.416. The Morgan fingerprint density at radius 3 is 2.57 bits per heavy atom. The molecule has 0 spiro atoms. The van der Waals surface area contributed by atoms with Gasteiger partial charge in [0.1, 0.15) is 22.3 Å². The van der Waals surface area contributed by atoms with Gasteiger partial charge >= 0.3 is 0 Å². The van der Waals surface area contributed by atoms with Crippen LogP contribution in [0.5, 0.6) is 0 Å². The van der Waals surface area contributed by atoms with Gasteiger partial charge in [-0.1, -0.05) is 12.1 Å². The van der Waals surface area contributed by atoms with Gasteiger partial charge in [-0.15, -0.1) is 0 Å². The number of anilines is 2. The molecule has 0 unspecified atom stereocenters. The summed E-state index contributed by atoms with van der Waals surface area (Å²) in [7, 11) is 1.62. The lowest BCUT2D eigenvalue weighted by molar-refractivity contribution is -0.115. The maximum absolute atomic E-state index is 12.3. The minimum atomic E-state index is -0.482. The zero-order valence-corrected chi connectivity index (χ0v) is 17.5. The standard InChI is InChI=1S/C20H18BrN7O2/c1-27-19(22)17(18(21)26-27)20(30)23-10-16(29)25-12-6-8-13(9-7-12)28-11-24-14-4-2-3-5-15(14)28/h2-9,11H,10,22H2,1H3,(H,23,30)(H,25,29). The van der Waals surface area contributed by atoms with Crippen LogP contribution >= 0.6 is 15.9 Å². The Balaban J connectivity index is 1.39. The van der Waals surface area contributed by atoms with Crippen molar-refractivity contribution in [2.45, 2.75) is 0 Å². The number of para-hydroxylation sites is 2. The van der Waals surface area contributed by atoms with Crippen molar-refractivity contribution in [1.82, 2.24) is 24.6 Å². The van der Waals surface area contributed by atoms with E-state index in [1.807, 2.05) is 41.0 Å². The number of aromatic nitrogens is 4. The summed E-state index contributed by atoms with van der Waals surface area (Å²) in [5.41, 5.74) is 9.47. The molecular formula is C20H18BrN7O2. The molecule has 4 rings (SSSR count). The van der Waals surface area contributed by atoms with Crippen LogP contribution in [0.2, 0.25) is 0 Å². The molecule has 0 aliphatic carbocycles. The molecule has 0 aliphatic rings. The fourth-order valence-corrected chi connectivity index (χ4v) is 3.66. The molecule has 4 N–H and O–H groups in total. The van der Waals surface area contributed by atoms with E-state index in [9.17, 15) is 9.59 Å². The summed E-state index contributed by atoms with van der Waals surface area (Å²) in [4.78, 5) is 28.9. The molecule has 2 aromatic carbocycles. The Morgan fingerprint density at radius 1 is 1.13 bits per heavy atom. The Labute approximate surface area is 180 Å². The Morgan fingerprint density at radius 2 is 1.87 bits per heavy atom. The lowest BCUT2D eigenvalue weighted by Crippen LogP contribution is -2.33. The van der Waals surface area contributed by atoms with Crippen molar-refractivity contribution in [2.24, 2.45) is 7.05 Å². The van der Waals surface area contributed by atoms with Crippen molar-refractivity contribution in [3.05, 3.63) is 65.0 Å². The Hall–Kier alpha value is -3.66. The second-order valence-corrected chi connectivity index (χ2v) is 7.31. The molecule has 2 amide bonds. The zero-order chi connectivity index (χ0) is 21.3. The third kappa shape index (κ3) is 3.77. The van der Waals surface area contributed by atoms with Gasteiger partial charge in [0, 0.05) is 18.4 Å². The summed E-state index contributed by atoms with van der Waals surface area (Å²) in [6.45, 7) is -0.201. The predicted molar refractivity (Wildman–Crippen MR) is 117 cm³/mol. The van der Waals surface area contributed by atoms with Crippen molar-refractivity contribution >= 4 is 50.3 Å². The second-order valence-electron chi connectivity index (χ2n) is 6.56. The van der Waals surface area contributed by atoms with Crippen molar-refractivity contribution in [3.8, 4) is 5.69 Å². The number of fused-ring (bicyclic) bond motifs is 1. The van der Waals surface area contributed by atoms with Gasteiger partial charge in [0.05, 0.1) is 17.6 Å². The predicted octanol–water partition coefficient (Wildman–Crippen LogP) is 2.47. The lowest BCUT2D eigenvalue weighted by Gasteiger charge is -2.09. The van der Waals surface area contributed by atoms with Crippen LogP contribution in [0.15, 0.2) is 59.5 Å². The smallest absolute Gasteiger partial charge is 0.258 e. The number of carbonyl (C=O) groups excluding carboxylic acids is 2. The summed E-state index contributed by atoms with van der Waals surface area (Å²) >= 11 is 3.19. The van der Waals surface area contributed by atoms with Crippen LogP contribution in [0.4, 0.5) is 11.5 Å². The summed E-state index contributed by atoms with van der Waals surface area (Å²) in [6, 6.07) is 15.2. The first kappa shape index (κ1) is 19.6. The van der Waals surface area contributed by atoms with Gasteiger partial charge < -0.3 is 16.4 Å². The fraction of sp³-hybridized carbons (Fsp3) is 0.100. The minimum absolute atomic E-state index is 0.196. The Kier molecular flexibility index (Phi) is 5.23. The number of hydrogen-bond donors (Lipinski definition) is 3. The van der Waals surface area contributed by atoms with Gasteiger partial charge in [-0.2, -0.15) is 5.10 Å². The van der Waals surface area contributed by atoms with Gasteiger partial charge in [0.2, 0.25) is 5.91 Å². The number of halogens is 1. The third-order valence-electron chi connectivity index (χ3n) is 4.57. The number of benzene rings is 2. The lowest BCUT2D eigenvalue weighted by atomic mass is 10.2. The fourth-order valence-electron chi connectivity index (χ4n) is 3.04. The number of aryl methyl sites for hydroxylation is 1. The molecule has 0 saturated heterocycles. The van der Waals surface area contributed by atoms with Crippen molar-refractivity contribution in [1.29, 1.82) is 0 Å². The highest BCUT2D eigenvalue weighted by atomic mass is 79.9. The van der Waals surface area contributed by atoms with Crippen molar-refractivity contribution in [2.75, 3.05) is 17.6 Å². The van der Waals surface area contributed by atoms with E-state index in [-0.39, 0.29) is 23.8 Å². The average molecular weight is 468 g/mol. The zero-order valence-electron chi connectivity index (χ0n) is 16.0. The number of nitrogens with one attached hydrogen (secondary N) is 2. The molecule has 0 radical (unpaired) electrons. The van der Waals surface area contributed by atoms with E-state index in [0.717, 1.165) is 16.7 Å². The van der Waals surface area contributed by atoms with E-state index < -0.39 is 5.91 Å². The average Bonchev–Trinajstić information content (AvgIpc) is 3.27. The SMILES string of the molecule is Cn1nc(Br)c(C(=O)NCC(=O)Nc2ccc(-n3cnc4ccccc43)cc2)c1N. The van der Waals surface area contributed by atoms with Crippen LogP contribution in [0, 0.1) is 0 Å². The van der Waals surface area contributed by atoms with Crippen LogP contribution in [0.3, 0.4) is 0 Å². The molecule has 4 aromatic rings. The number of amides is 2. The molecule has 30 heavy (non-hydrogen) atoms. The van der Waals surface area contributed by atoms with E-state index in [1.54, 1.807) is 25.5 Å². The summed E-state index contributed by atoms with van der Waals surface area (Å²) in [5.74, 6) is -0.630. The van der Waals surface area contributed by atoms with Gasteiger partial charge in [-0.25, -0.2) is 4.98 Å². The van der Waals surface area contributed by atoms with Gasteiger partial charge in [0.25, 0.3) is 5.91 Å². The second kappa shape index (κ2) is 7.99. The number of carbonyl (C=O) groups is 2. The molecule has 10 heteroatoms. The monoisotopic (exact) mass is 467 g/mol. The maximum atomic E-state index is 12.3. The first-order valence-electron chi connectivity index (χ1n) is 9.02. The van der Waals surface area contributed by atoms with Crippen LogP contribution in [-0.2, 0) is 11.8 Å². The van der Waals surface area contributed by atoms with E-state index in [1.165, 1.54) is 4.68 Å². The highest BCUT2D eigenvalue weighted by molar-refractivity contribution is 9.10. The topological polar surface area (TPSA) is 120 Å². The maximum Gasteiger partial charge on any atom is 0.258 e. The first-order chi connectivity index (χ1) is 14.4. The number of imidazole rings is 1. The number of nitrogens with two attached hydrogens (primary N) is 1. The van der Waals surface area contributed by atoms with Crippen LogP contribution in [-0.4, -0.2) is 37.7 Å². The minimum Gasteiger partial charge on any atom is -0.383 e. The third-order valence-corrected chi connectivity index (χ3v) is 5.12. The number of hydrogen-bond acceptors (Lipinski definition) is 5. The van der Waals surface area contributed by atoms with E-state index in [2.05, 4.69) is 36.6 Å². The highest BCUT2D eigenvalue weighted by Crippen LogP contribution is 2.21. The van der Waals surface area contributed by atoms with Crippen LogP contribution in [0.25, 0.3) is 16.7 Å². The molecular weight excluding hydrogens is 450 g/mol. The molecule has 0 atom stereocenters. The number of nitrogen functional groups attached to an aromatic ring is 1. The molecule has 152 valence electrons. The molecule has 0 aliphatic heterocycles. The van der Waals surface area contributed by atoms with Crippen molar-refractivity contribution in [3.63, 3.8) is 0 Å². The molecule has 0 saturated carbocycles. The summed E-state index contributed by atoms with van der Waals surface area (Å²) in [5, 5.41) is 9.31. The summed E-state index contributed by atoms with van der Waals surface area (Å²) < 4.78 is 3.67. The first-order valence-corrected chi connectivity index (χ1v) is 9.82. The van der Waals surface area contributed by atoms with Crippen LogP contribution < -0.4 is 16.4 Å². The molecule has 2 heterocycles. The van der Waals surface area contributed by atoms with E-state index in [4.69, 9.17) is 5.73 Å². The Bertz CT molecular complexity index is 1240. The molecule has 9 nitrogen and oxygen atoms in total. The van der Waals surface area contributed by atoms with E-state index in [0.29, 0.717) is 10.3 Å². The number of nitrogens with zero attached hydrogens (tertiary/aromatic N) is 4. The van der Waals surface area contributed by atoms with E-state index >= 15 is 0 Å². The largest absolute Gasteiger partial charge is 0.383 e. The molecule has 0 bridgehead atoms. The number of rotatable bonds is 5. The summed E-state index contributed by atoms with van der Waals surface area (Å²) in [6.07, 6.45) is 1.76. The molecule has 0 fully saturated rings. The normalized spacial score (nSPS) is 10.9. The molecule has 2 aromatic heterocycles.